The fourth-order valence-electron chi connectivity index (χ4n) is 2.91. The molecule has 0 spiro atoms. The number of anilines is 2. The van der Waals surface area contributed by atoms with Gasteiger partial charge in [0.05, 0.1) is 11.9 Å². The molecule has 0 unspecified atom stereocenters. The second-order valence-electron chi connectivity index (χ2n) is 6.67. The molecule has 0 saturated carbocycles. The largest absolute Gasteiger partial charge is 0.378 e. The summed E-state index contributed by atoms with van der Waals surface area (Å²) in [6, 6.07) is 16.7. The minimum Gasteiger partial charge on any atom is -0.378 e. The maximum atomic E-state index is 12.7. The summed E-state index contributed by atoms with van der Waals surface area (Å²) in [5.74, 6) is -0.367. The lowest BCUT2D eigenvalue weighted by atomic mass is 10.2. The maximum absolute atomic E-state index is 12.7. The average molecular weight is 389 g/mol. The summed E-state index contributed by atoms with van der Waals surface area (Å²) >= 11 is 0. The number of hydrogen-bond acceptors (Lipinski definition) is 6. The lowest BCUT2D eigenvalue weighted by Gasteiger charge is -2.13. The van der Waals surface area contributed by atoms with Crippen molar-refractivity contribution < 1.29 is 4.79 Å². The molecule has 0 fully saturated rings. The van der Waals surface area contributed by atoms with Gasteiger partial charge in [0, 0.05) is 25.5 Å². The third-order valence-electron chi connectivity index (χ3n) is 4.42. The van der Waals surface area contributed by atoms with Gasteiger partial charge in [-0.2, -0.15) is 5.10 Å². The fourth-order valence-corrected chi connectivity index (χ4v) is 2.91. The summed E-state index contributed by atoms with van der Waals surface area (Å²) in [4.78, 5) is 27.0. The van der Waals surface area contributed by atoms with Gasteiger partial charge in [0.2, 0.25) is 5.91 Å². The van der Waals surface area contributed by atoms with Crippen molar-refractivity contribution in [1.29, 1.82) is 0 Å². The molecule has 1 N–H and O–H groups in total. The zero-order chi connectivity index (χ0) is 20.4. The number of carbonyl (C=O) groups excluding carboxylic acids is 1. The molecular formula is C20H19N7O2. The van der Waals surface area contributed by atoms with Crippen LogP contribution in [0.1, 0.15) is 0 Å². The van der Waals surface area contributed by atoms with Gasteiger partial charge in [-0.25, -0.2) is 9.36 Å². The van der Waals surface area contributed by atoms with E-state index >= 15 is 0 Å². The lowest BCUT2D eigenvalue weighted by Crippen LogP contribution is -2.30. The van der Waals surface area contributed by atoms with E-state index < -0.39 is 5.56 Å². The number of hydrogen-bond donors (Lipinski definition) is 1. The molecule has 0 aliphatic rings. The van der Waals surface area contributed by atoms with E-state index in [0.717, 1.165) is 16.1 Å². The monoisotopic (exact) mass is 389 g/mol. The van der Waals surface area contributed by atoms with Crippen molar-refractivity contribution in [3.8, 4) is 5.69 Å². The van der Waals surface area contributed by atoms with E-state index in [-0.39, 0.29) is 12.5 Å². The summed E-state index contributed by atoms with van der Waals surface area (Å²) in [7, 11) is 3.88. The third kappa shape index (κ3) is 3.70. The molecule has 0 aliphatic carbocycles. The number of nitrogens with zero attached hydrogens (tertiary/aromatic N) is 6. The molecule has 2 aromatic carbocycles. The smallest absolute Gasteiger partial charge is 0.281 e. The Kier molecular flexibility index (Phi) is 4.78. The first-order chi connectivity index (χ1) is 14.0. The lowest BCUT2D eigenvalue weighted by molar-refractivity contribution is -0.117. The topological polar surface area (TPSA) is 97.9 Å². The van der Waals surface area contributed by atoms with E-state index in [1.165, 1.54) is 6.20 Å². The highest BCUT2D eigenvalue weighted by atomic mass is 16.2. The number of amides is 1. The first-order valence-corrected chi connectivity index (χ1v) is 8.97. The summed E-state index contributed by atoms with van der Waals surface area (Å²) in [5, 5.41) is 15.3. The fraction of sp³-hybridized carbons (Fsp3) is 0.150. The standard InChI is InChI=1S/C20H19N7O2/c1-25(2)15-10-8-14(9-11-15)22-18(28)13-26-20(29)17-12-21-27(19(17)23-24-26)16-6-4-3-5-7-16/h3-12H,13H2,1-2H3,(H,22,28). The number of nitrogens with one attached hydrogen (secondary N) is 1. The van der Waals surface area contributed by atoms with E-state index in [9.17, 15) is 9.59 Å². The molecule has 9 heteroatoms. The first kappa shape index (κ1) is 18.4. The Morgan fingerprint density at radius 1 is 1.07 bits per heavy atom. The van der Waals surface area contributed by atoms with Crippen molar-refractivity contribution in [2.24, 2.45) is 0 Å². The quantitative estimate of drug-likeness (QED) is 0.558. The number of para-hydroxylation sites is 1. The summed E-state index contributed by atoms with van der Waals surface area (Å²) in [6.07, 6.45) is 1.44. The molecule has 0 atom stereocenters. The van der Waals surface area contributed by atoms with Crippen molar-refractivity contribution in [3.63, 3.8) is 0 Å². The van der Waals surface area contributed by atoms with Crippen LogP contribution in [0, 0.1) is 0 Å². The number of aromatic nitrogens is 5. The van der Waals surface area contributed by atoms with E-state index in [4.69, 9.17) is 0 Å². The third-order valence-corrected chi connectivity index (χ3v) is 4.42. The number of rotatable bonds is 5. The Morgan fingerprint density at radius 2 is 1.79 bits per heavy atom. The molecule has 2 heterocycles. The Hall–Kier alpha value is -4.01. The van der Waals surface area contributed by atoms with Crippen LogP contribution >= 0.6 is 0 Å². The molecular weight excluding hydrogens is 370 g/mol. The van der Waals surface area contributed by atoms with E-state index in [1.54, 1.807) is 16.8 Å². The number of benzene rings is 2. The Labute approximate surface area is 166 Å². The highest BCUT2D eigenvalue weighted by Gasteiger charge is 2.14. The minimum atomic E-state index is -0.421. The molecule has 4 rings (SSSR count). The van der Waals surface area contributed by atoms with Gasteiger partial charge < -0.3 is 10.2 Å². The maximum Gasteiger partial charge on any atom is 0.281 e. The SMILES string of the molecule is CN(C)c1ccc(NC(=O)Cn2nnc3c(cnn3-c3ccccc3)c2=O)cc1. The zero-order valence-corrected chi connectivity index (χ0v) is 16.0. The van der Waals surface area contributed by atoms with Crippen LogP contribution in [0.2, 0.25) is 0 Å². The van der Waals surface area contributed by atoms with E-state index in [2.05, 4.69) is 20.7 Å². The second kappa shape index (κ2) is 7.55. The van der Waals surface area contributed by atoms with Crippen molar-refractivity contribution in [3.05, 3.63) is 71.1 Å². The van der Waals surface area contributed by atoms with Gasteiger partial charge in [-0.05, 0) is 36.4 Å². The van der Waals surface area contributed by atoms with Crippen LogP contribution in [-0.4, -0.2) is 44.8 Å². The number of fused-ring (bicyclic) bond motifs is 1. The van der Waals surface area contributed by atoms with Gasteiger partial charge in [-0.1, -0.05) is 23.4 Å². The van der Waals surface area contributed by atoms with E-state index in [0.29, 0.717) is 16.7 Å². The highest BCUT2D eigenvalue weighted by molar-refractivity contribution is 5.90. The normalized spacial score (nSPS) is 10.8. The number of carbonyl (C=O) groups is 1. The van der Waals surface area contributed by atoms with Gasteiger partial charge in [0.15, 0.2) is 5.65 Å². The van der Waals surface area contributed by atoms with Crippen molar-refractivity contribution in [2.75, 3.05) is 24.3 Å². The van der Waals surface area contributed by atoms with Crippen LogP contribution in [-0.2, 0) is 11.3 Å². The Balaban J connectivity index is 1.54. The molecule has 2 aromatic heterocycles. The predicted molar refractivity (Wildman–Crippen MR) is 110 cm³/mol. The molecule has 29 heavy (non-hydrogen) atoms. The first-order valence-electron chi connectivity index (χ1n) is 8.97. The van der Waals surface area contributed by atoms with Gasteiger partial charge in [0.1, 0.15) is 11.9 Å². The van der Waals surface area contributed by atoms with Gasteiger partial charge >= 0.3 is 0 Å². The Morgan fingerprint density at radius 3 is 2.48 bits per heavy atom. The van der Waals surface area contributed by atoms with Crippen molar-refractivity contribution in [2.45, 2.75) is 6.54 Å². The van der Waals surface area contributed by atoms with Crippen molar-refractivity contribution >= 4 is 28.3 Å². The van der Waals surface area contributed by atoms with Crippen LogP contribution in [0.4, 0.5) is 11.4 Å². The Bertz CT molecular complexity index is 1210. The zero-order valence-electron chi connectivity index (χ0n) is 16.0. The molecule has 9 nitrogen and oxygen atoms in total. The molecule has 0 aliphatic heterocycles. The second-order valence-corrected chi connectivity index (χ2v) is 6.67. The molecule has 0 bridgehead atoms. The summed E-state index contributed by atoms with van der Waals surface area (Å²) < 4.78 is 2.57. The molecule has 0 saturated heterocycles. The van der Waals surface area contributed by atoms with Crippen LogP contribution < -0.4 is 15.8 Å². The summed E-state index contributed by atoms with van der Waals surface area (Å²) in [5.41, 5.74) is 2.35. The highest BCUT2D eigenvalue weighted by Crippen LogP contribution is 2.16. The average Bonchev–Trinajstić information content (AvgIpc) is 3.16. The van der Waals surface area contributed by atoms with Crippen molar-refractivity contribution in [1.82, 2.24) is 24.8 Å². The van der Waals surface area contributed by atoms with E-state index in [1.807, 2.05) is 61.5 Å². The predicted octanol–water partition coefficient (Wildman–Crippen LogP) is 1.68. The van der Waals surface area contributed by atoms with Gasteiger partial charge in [-0.15, -0.1) is 5.10 Å². The van der Waals surface area contributed by atoms with Gasteiger partial charge in [0.25, 0.3) is 5.56 Å². The summed E-state index contributed by atoms with van der Waals surface area (Å²) in [6.45, 7) is -0.242. The molecule has 1 amide bonds. The van der Waals surface area contributed by atoms with Crippen LogP contribution in [0.5, 0.6) is 0 Å². The van der Waals surface area contributed by atoms with Crippen LogP contribution in [0.25, 0.3) is 16.7 Å². The molecule has 146 valence electrons. The molecule has 0 radical (unpaired) electrons. The van der Waals surface area contributed by atoms with Gasteiger partial charge in [-0.3, -0.25) is 9.59 Å². The molecule has 4 aromatic rings. The van der Waals surface area contributed by atoms with Crippen LogP contribution in [0.3, 0.4) is 0 Å². The minimum absolute atomic E-state index is 0.242. The van der Waals surface area contributed by atoms with Crippen LogP contribution in [0.15, 0.2) is 65.6 Å².